The van der Waals surface area contributed by atoms with Crippen molar-refractivity contribution in [2.24, 2.45) is 0 Å². The van der Waals surface area contributed by atoms with E-state index in [4.69, 9.17) is 0 Å². The molecule has 0 aliphatic rings. The molecule has 2 aromatic carbocycles. The number of rotatable bonds is 5. The van der Waals surface area contributed by atoms with Crippen LogP contribution in [0.4, 0.5) is 11.4 Å². The number of nitro groups is 1. The first-order valence-corrected chi connectivity index (χ1v) is 7.06. The molecule has 0 saturated carbocycles. The van der Waals surface area contributed by atoms with Gasteiger partial charge in [0.1, 0.15) is 12.7 Å². The molecule has 0 bridgehead atoms. The molecule has 1 heterocycles. The maximum absolute atomic E-state index is 10.8. The summed E-state index contributed by atoms with van der Waals surface area (Å²) >= 11 is 0. The second-order valence-electron chi connectivity index (χ2n) is 5.16. The molecule has 7 nitrogen and oxygen atoms in total. The van der Waals surface area contributed by atoms with Crippen LogP contribution in [-0.4, -0.2) is 19.8 Å². The van der Waals surface area contributed by atoms with Crippen molar-refractivity contribution in [1.29, 1.82) is 0 Å². The summed E-state index contributed by atoms with van der Waals surface area (Å²) in [7, 11) is 0. The lowest BCUT2D eigenvalue weighted by Crippen LogP contribution is -2.27. The van der Waals surface area contributed by atoms with Crippen LogP contribution in [-0.2, 0) is 6.54 Å². The van der Waals surface area contributed by atoms with Crippen LogP contribution in [0.5, 0.6) is 0 Å². The third-order valence-corrected chi connectivity index (χ3v) is 3.50. The molecule has 3 rings (SSSR count). The van der Waals surface area contributed by atoms with Crippen molar-refractivity contribution in [2.45, 2.75) is 13.5 Å². The normalized spacial score (nSPS) is 10.5. The van der Waals surface area contributed by atoms with Crippen LogP contribution in [0.25, 0.3) is 0 Å². The molecule has 0 N–H and O–H groups in total. The SMILES string of the molecule is Cc1ccc(CN(c2ccc([N+](=O)[O-])cc2)n2cnnc2)cc1. The number of hydrogen-bond donors (Lipinski definition) is 0. The summed E-state index contributed by atoms with van der Waals surface area (Å²) in [5, 5.41) is 20.4. The Morgan fingerprint density at radius 3 is 2.22 bits per heavy atom. The molecular weight excluding hydrogens is 294 g/mol. The molecule has 0 unspecified atom stereocenters. The lowest BCUT2D eigenvalue weighted by molar-refractivity contribution is -0.384. The van der Waals surface area contributed by atoms with Crippen molar-refractivity contribution >= 4 is 11.4 Å². The van der Waals surface area contributed by atoms with Gasteiger partial charge in [0.25, 0.3) is 5.69 Å². The zero-order valence-corrected chi connectivity index (χ0v) is 12.5. The Kier molecular flexibility index (Phi) is 4.01. The van der Waals surface area contributed by atoms with E-state index >= 15 is 0 Å². The number of aromatic nitrogens is 3. The van der Waals surface area contributed by atoms with Gasteiger partial charge < -0.3 is 0 Å². The Morgan fingerprint density at radius 1 is 1.04 bits per heavy atom. The molecule has 0 spiro atoms. The van der Waals surface area contributed by atoms with Crippen LogP contribution in [0.3, 0.4) is 0 Å². The first kappa shape index (κ1) is 14.7. The van der Waals surface area contributed by atoms with Crippen molar-refractivity contribution in [3.05, 3.63) is 82.4 Å². The summed E-state index contributed by atoms with van der Waals surface area (Å²) < 4.78 is 1.75. The maximum atomic E-state index is 10.8. The fourth-order valence-corrected chi connectivity index (χ4v) is 2.24. The molecule has 0 fully saturated rings. The summed E-state index contributed by atoms with van der Waals surface area (Å²) in [5.41, 5.74) is 3.19. The average molecular weight is 309 g/mol. The molecule has 0 radical (unpaired) electrons. The number of hydrogen-bond acceptors (Lipinski definition) is 5. The van der Waals surface area contributed by atoms with Crippen molar-refractivity contribution < 1.29 is 4.92 Å². The Balaban J connectivity index is 1.92. The highest BCUT2D eigenvalue weighted by Crippen LogP contribution is 2.22. The van der Waals surface area contributed by atoms with Crippen LogP contribution in [0, 0.1) is 17.0 Å². The van der Waals surface area contributed by atoms with Gasteiger partial charge in [0.2, 0.25) is 0 Å². The molecule has 116 valence electrons. The Labute approximate surface area is 132 Å². The molecule has 1 aromatic heterocycles. The van der Waals surface area contributed by atoms with E-state index < -0.39 is 4.92 Å². The second kappa shape index (κ2) is 6.27. The zero-order chi connectivity index (χ0) is 16.2. The fraction of sp³-hybridized carbons (Fsp3) is 0.125. The van der Waals surface area contributed by atoms with Gasteiger partial charge in [0.15, 0.2) is 0 Å². The van der Waals surface area contributed by atoms with E-state index in [1.54, 1.807) is 29.5 Å². The monoisotopic (exact) mass is 309 g/mol. The van der Waals surface area contributed by atoms with E-state index in [2.05, 4.69) is 34.5 Å². The molecule has 0 aliphatic heterocycles. The highest BCUT2D eigenvalue weighted by molar-refractivity contribution is 5.51. The fourth-order valence-electron chi connectivity index (χ4n) is 2.24. The minimum Gasteiger partial charge on any atom is -0.274 e. The van der Waals surface area contributed by atoms with Gasteiger partial charge in [0.05, 0.1) is 17.2 Å². The number of nitro benzene ring substituents is 1. The molecule has 0 aliphatic carbocycles. The van der Waals surface area contributed by atoms with Crippen molar-refractivity contribution in [3.8, 4) is 0 Å². The smallest absolute Gasteiger partial charge is 0.269 e. The molecule has 3 aromatic rings. The molecular formula is C16H15N5O2. The van der Waals surface area contributed by atoms with Gasteiger partial charge in [0, 0.05) is 12.1 Å². The summed E-state index contributed by atoms with van der Waals surface area (Å²) in [5.74, 6) is 0. The van der Waals surface area contributed by atoms with Gasteiger partial charge in [-0.25, -0.2) is 4.68 Å². The van der Waals surface area contributed by atoms with E-state index in [1.165, 1.54) is 17.7 Å². The minimum atomic E-state index is -0.410. The molecule has 23 heavy (non-hydrogen) atoms. The van der Waals surface area contributed by atoms with E-state index in [9.17, 15) is 10.1 Å². The quantitative estimate of drug-likeness (QED) is 0.535. The molecule has 7 heteroatoms. The van der Waals surface area contributed by atoms with Crippen molar-refractivity contribution in [3.63, 3.8) is 0 Å². The van der Waals surface area contributed by atoms with E-state index in [1.807, 2.05) is 11.9 Å². The number of benzene rings is 2. The van der Waals surface area contributed by atoms with E-state index in [0.29, 0.717) is 6.54 Å². The number of non-ortho nitro benzene ring substituents is 1. The Morgan fingerprint density at radius 2 is 1.65 bits per heavy atom. The zero-order valence-electron chi connectivity index (χ0n) is 12.5. The number of anilines is 1. The largest absolute Gasteiger partial charge is 0.274 e. The summed E-state index contributed by atoms with van der Waals surface area (Å²) in [4.78, 5) is 10.4. The van der Waals surface area contributed by atoms with Crippen LogP contribution < -0.4 is 5.01 Å². The van der Waals surface area contributed by atoms with Gasteiger partial charge in [-0.3, -0.25) is 15.1 Å². The second-order valence-corrected chi connectivity index (χ2v) is 5.16. The highest BCUT2D eigenvalue weighted by atomic mass is 16.6. The highest BCUT2D eigenvalue weighted by Gasteiger charge is 2.12. The predicted molar refractivity (Wildman–Crippen MR) is 85.9 cm³/mol. The van der Waals surface area contributed by atoms with Gasteiger partial charge in [-0.2, -0.15) is 0 Å². The maximum Gasteiger partial charge on any atom is 0.269 e. The summed E-state index contributed by atoms with van der Waals surface area (Å²) in [6, 6.07) is 14.6. The predicted octanol–water partition coefficient (Wildman–Crippen LogP) is 2.96. The number of nitrogens with zero attached hydrogens (tertiary/aromatic N) is 5. The van der Waals surface area contributed by atoms with Crippen LogP contribution in [0.1, 0.15) is 11.1 Å². The van der Waals surface area contributed by atoms with Crippen molar-refractivity contribution in [1.82, 2.24) is 14.9 Å². The van der Waals surface area contributed by atoms with Gasteiger partial charge in [-0.05, 0) is 24.6 Å². The van der Waals surface area contributed by atoms with E-state index in [0.717, 1.165) is 11.3 Å². The standard InChI is InChI=1S/C16H15N5O2/c1-13-2-4-14(5-3-13)10-20(19-11-17-18-12-19)15-6-8-16(9-7-15)21(22)23/h2-9,11-12H,10H2,1H3. The number of aryl methyl sites for hydroxylation is 1. The molecule has 0 amide bonds. The minimum absolute atomic E-state index is 0.0628. The van der Waals surface area contributed by atoms with Gasteiger partial charge in [-0.15, -0.1) is 10.2 Å². The topological polar surface area (TPSA) is 77.1 Å². The Hall–Kier alpha value is -3.22. The lowest BCUT2D eigenvalue weighted by Gasteiger charge is -2.25. The Bertz CT molecular complexity index is 782. The van der Waals surface area contributed by atoms with Crippen LogP contribution >= 0.6 is 0 Å². The van der Waals surface area contributed by atoms with Crippen molar-refractivity contribution in [2.75, 3.05) is 5.01 Å². The molecule has 0 saturated heterocycles. The first-order valence-electron chi connectivity index (χ1n) is 7.06. The van der Waals surface area contributed by atoms with E-state index in [-0.39, 0.29) is 5.69 Å². The van der Waals surface area contributed by atoms with Crippen LogP contribution in [0.15, 0.2) is 61.2 Å². The lowest BCUT2D eigenvalue weighted by atomic mass is 10.1. The first-order chi connectivity index (χ1) is 11.1. The van der Waals surface area contributed by atoms with Gasteiger partial charge in [-0.1, -0.05) is 29.8 Å². The van der Waals surface area contributed by atoms with Crippen LogP contribution in [0.2, 0.25) is 0 Å². The average Bonchev–Trinajstić information content (AvgIpc) is 3.08. The summed E-state index contributed by atoms with van der Waals surface area (Å²) in [6.45, 7) is 2.63. The third-order valence-electron chi connectivity index (χ3n) is 3.50. The van der Waals surface area contributed by atoms with Gasteiger partial charge >= 0.3 is 0 Å². The third kappa shape index (κ3) is 3.34. The summed E-state index contributed by atoms with van der Waals surface area (Å²) in [6.07, 6.45) is 3.19. The molecule has 0 atom stereocenters.